The number of aryl methyl sites for hydroxylation is 1. The van der Waals surface area contributed by atoms with Gasteiger partial charge >= 0.3 is 0 Å². The first-order valence-corrected chi connectivity index (χ1v) is 10.8. The van der Waals surface area contributed by atoms with Gasteiger partial charge in [0.15, 0.2) is 5.78 Å². The summed E-state index contributed by atoms with van der Waals surface area (Å²) in [5.74, 6) is 0.550. The van der Waals surface area contributed by atoms with E-state index < -0.39 is 0 Å². The normalized spacial score (nSPS) is 12.6. The minimum atomic E-state index is -0.198. The number of ether oxygens (including phenoxy) is 1. The maximum absolute atomic E-state index is 13.2. The Labute approximate surface area is 188 Å². The molecule has 0 unspecified atom stereocenters. The van der Waals surface area contributed by atoms with Gasteiger partial charge in [0.05, 0.1) is 30.5 Å². The lowest BCUT2D eigenvalue weighted by Gasteiger charge is -2.17. The fourth-order valence-electron chi connectivity index (χ4n) is 4.47. The van der Waals surface area contributed by atoms with E-state index in [2.05, 4.69) is 39.6 Å². The van der Waals surface area contributed by atoms with Crippen molar-refractivity contribution in [2.45, 2.75) is 13.5 Å². The van der Waals surface area contributed by atoms with Crippen LogP contribution in [0.5, 0.6) is 5.75 Å². The van der Waals surface area contributed by atoms with E-state index >= 15 is 0 Å². The van der Waals surface area contributed by atoms with Gasteiger partial charge in [0.1, 0.15) is 5.75 Å². The summed E-state index contributed by atoms with van der Waals surface area (Å²) in [6, 6.07) is 17.9. The second-order valence-corrected chi connectivity index (χ2v) is 8.54. The number of aromatic nitrogens is 1. The second kappa shape index (κ2) is 7.52. The van der Waals surface area contributed by atoms with E-state index in [1.165, 1.54) is 0 Å². The molecule has 1 aliphatic carbocycles. The number of aliphatic hydroxyl groups is 1. The van der Waals surface area contributed by atoms with Crippen LogP contribution in [0.3, 0.4) is 0 Å². The van der Waals surface area contributed by atoms with Crippen molar-refractivity contribution in [3.8, 4) is 22.7 Å². The minimum absolute atomic E-state index is 0.0427. The molecule has 0 aliphatic heterocycles. The average molecular weight is 474 g/mol. The topological polar surface area (TPSA) is 51.5 Å². The zero-order valence-corrected chi connectivity index (χ0v) is 18.7. The van der Waals surface area contributed by atoms with Crippen LogP contribution < -0.4 is 4.74 Å². The van der Waals surface area contributed by atoms with Crippen LogP contribution in [0.25, 0.3) is 33.9 Å². The summed E-state index contributed by atoms with van der Waals surface area (Å²) in [5.41, 5.74) is 6.89. The van der Waals surface area contributed by atoms with E-state index in [0.29, 0.717) is 16.9 Å². The molecule has 1 aliphatic rings. The third-order valence-electron chi connectivity index (χ3n) is 5.76. The van der Waals surface area contributed by atoms with Gasteiger partial charge in [-0.2, -0.15) is 0 Å². The molecule has 5 rings (SSSR count). The number of halogens is 1. The minimum Gasteiger partial charge on any atom is -0.496 e. The van der Waals surface area contributed by atoms with Crippen LogP contribution in [0.2, 0.25) is 0 Å². The Morgan fingerprint density at radius 3 is 2.55 bits per heavy atom. The predicted molar refractivity (Wildman–Crippen MR) is 127 cm³/mol. The number of rotatable bonds is 4. The molecular formula is C26H20BrNO3. The van der Waals surface area contributed by atoms with Crippen molar-refractivity contribution in [2.24, 2.45) is 0 Å². The highest BCUT2D eigenvalue weighted by atomic mass is 79.9. The highest BCUT2D eigenvalue weighted by Crippen LogP contribution is 2.43. The maximum atomic E-state index is 13.2. The van der Waals surface area contributed by atoms with Gasteiger partial charge in [0, 0.05) is 26.7 Å². The maximum Gasteiger partial charge on any atom is 0.188 e. The Hall–Kier alpha value is -3.15. The zero-order chi connectivity index (χ0) is 21.7. The number of ketones is 1. The van der Waals surface area contributed by atoms with Gasteiger partial charge in [-0.25, -0.2) is 0 Å². The molecule has 3 aromatic carbocycles. The number of nitrogens with zero attached hydrogens (tertiary/aromatic N) is 1. The van der Waals surface area contributed by atoms with E-state index in [0.717, 1.165) is 43.4 Å². The van der Waals surface area contributed by atoms with Crippen LogP contribution in [0.1, 0.15) is 27.0 Å². The molecule has 0 saturated heterocycles. The molecular weight excluding hydrogens is 454 g/mol. The van der Waals surface area contributed by atoms with Crippen LogP contribution >= 0.6 is 15.9 Å². The molecule has 0 amide bonds. The number of allylic oxidation sites excluding steroid dienone is 1. The van der Waals surface area contributed by atoms with Gasteiger partial charge in [-0.3, -0.25) is 4.79 Å². The smallest absolute Gasteiger partial charge is 0.188 e. The van der Waals surface area contributed by atoms with Gasteiger partial charge < -0.3 is 14.4 Å². The summed E-state index contributed by atoms with van der Waals surface area (Å²) in [5, 5.41) is 11.1. The molecule has 4 nitrogen and oxygen atoms in total. The van der Waals surface area contributed by atoms with Gasteiger partial charge in [-0.15, -0.1) is 0 Å². The Morgan fingerprint density at radius 1 is 1.06 bits per heavy atom. The fraction of sp³-hybridized carbons (Fsp3) is 0.115. The van der Waals surface area contributed by atoms with Crippen molar-refractivity contribution < 1.29 is 14.6 Å². The van der Waals surface area contributed by atoms with E-state index in [4.69, 9.17) is 4.74 Å². The first-order chi connectivity index (χ1) is 15.0. The number of benzene rings is 3. The van der Waals surface area contributed by atoms with Crippen LogP contribution in [0.4, 0.5) is 0 Å². The van der Waals surface area contributed by atoms with Crippen molar-refractivity contribution in [1.29, 1.82) is 0 Å². The summed E-state index contributed by atoms with van der Waals surface area (Å²) < 4.78 is 8.61. The lowest BCUT2D eigenvalue weighted by atomic mass is 9.92. The average Bonchev–Trinajstić information content (AvgIpc) is 3.12. The van der Waals surface area contributed by atoms with E-state index in [9.17, 15) is 9.90 Å². The molecule has 0 atom stereocenters. The van der Waals surface area contributed by atoms with Crippen LogP contribution in [0.15, 0.2) is 65.1 Å². The quantitative estimate of drug-likeness (QED) is 0.390. The molecule has 1 N–H and O–H groups in total. The number of carbonyl (C=O) groups excluding carboxylic acids is 1. The van der Waals surface area contributed by atoms with E-state index in [1.54, 1.807) is 13.2 Å². The van der Waals surface area contributed by atoms with Crippen LogP contribution in [0, 0.1) is 6.92 Å². The Morgan fingerprint density at radius 2 is 1.84 bits per heavy atom. The Bertz CT molecular complexity index is 1380. The van der Waals surface area contributed by atoms with E-state index in [1.807, 2.05) is 48.5 Å². The summed E-state index contributed by atoms with van der Waals surface area (Å²) in [6.45, 7) is 1.86. The van der Waals surface area contributed by atoms with E-state index in [-0.39, 0.29) is 12.4 Å². The standard InChI is InChI=1S/C26H20BrNO3/c1-15-12-16-6-11-22(30)25-24(16)21(13-15)28(18-9-7-17(27)8-10-18)26(25)19-4-3-5-23(31-2)20(19)14-29/h3-13,29H,14H2,1-2H3. The highest BCUT2D eigenvalue weighted by molar-refractivity contribution is 9.10. The molecule has 4 aromatic rings. The molecule has 31 heavy (non-hydrogen) atoms. The number of carbonyl (C=O) groups is 1. The number of hydrogen-bond donors (Lipinski definition) is 1. The monoisotopic (exact) mass is 473 g/mol. The first kappa shape index (κ1) is 19.8. The van der Waals surface area contributed by atoms with Crippen molar-refractivity contribution in [1.82, 2.24) is 4.57 Å². The van der Waals surface area contributed by atoms with Gasteiger partial charge in [0.2, 0.25) is 0 Å². The molecule has 0 bridgehead atoms. The van der Waals surface area contributed by atoms with Crippen molar-refractivity contribution in [3.63, 3.8) is 0 Å². The third-order valence-corrected chi connectivity index (χ3v) is 6.28. The van der Waals surface area contributed by atoms with Crippen LogP contribution in [-0.2, 0) is 6.61 Å². The van der Waals surface area contributed by atoms with Crippen molar-refractivity contribution >= 4 is 38.7 Å². The largest absolute Gasteiger partial charge is 0.496 e. The highest BCUT2D eigenvalue weighted by Gasteiger charge is 2.29. The predicted octanol–water partition coefficient (Wildman–Crippen LogP) is 6.08. The lowest BCUT2D eigenvalue weighted by Crippen LogP contribution is -2.05. The molecule has 1 aromatic heterocycles. The molecule has 0 saturated carbocycles. The van der Waals surface area contributed by atoms with Gasteiger partial charge in [0.25, 0.3) is 0 Å². The molecule has 0 fully saturated rings. The first-order valence-electron chi connectivity index (χ1n) is 9.98. The van der Waals surface area contributed by atoms with Crippen molar-refractivity contribution in [3.05, 3.63) is 87.4 Å². The summed E-state index contributed by atoms with van der Waals surface area (Å²) in [4.78, 5) is 13.2. The second-order valence-electron chi connectivity index (χ2n) is 7.63. The van der Waals surface area contributed by atoms with Gasteiger partial charge in [-0.1, -0.05) is 40.2 Å². The Kier molecular flexibility index (Phi) is 4.80. The zero-order valence-electron chi connectivity index (χ0n) is 17.1. The molecule has 154 valence electrons. The number of hydrogen-bond acceptors (Lipinski definition) is 3. The molecule has 5 heteroatoms. The SMILES string of the molecule is COc1cccc(-c2c3c4c(cc(C)cc4n2-c2ccc(Br)cc2)C=CC3=O)c1CO. The summed E-state index contributed by atoms with van der Waals surface area (Å²) in [6.07, 6.45) is 3.52. The third kappa shape index (κ3) is 3.04. The molecule has 0 radical (unpaired) electrons. The lowest BCUT2D eigenvalue weighted by molar-refractivity contribution is 0.104. The van der Waals surface area contributed by atoms with Crippen molar-refractivity contribution in [2.75, 3.05) is 7.11 Å². The molecule has 1 heterocycles. The number of methoxy groups -OCH3 is 1. The van der Waals surface area contributed by atoms with Crippen LogP contribution in [-0.4, -0.2) is 22.6 Å². The van der Waals surface area contributed by atoms with Gasteiger partial charge in [-0.05, 0) is 60.5 Å². The Balaban J connectivity index is 1.99. The fourth-order valence-corrected chi connectivity index (χ4v) is 4.73. The summed E-state index contributed by atoms with van der Waals surface area (Å²) >= 11 is 3.51. The molecule has 0 spiro atoms. The number of aliphatic hydroxyl groups excluding tert-OH is 1. The summed E-state index contributed by atoms with van der Waals surface area (Å²) in [7, 11) is 1.59.